The van der Waals surface area contributed by atoms with Crippen molar-refractivity contribution in [1.29, 1.82) is 0 Å². The number of rotatable bonds is 2. The Kier molecular flexibility index (Phi) is 3.69. The molecule has 0 amide bonds. The van der Waals surface area contributed by atoms with Crippen molar-refractivity contribution in [2.24, 2.45) is 4.99 Å². The van der Waals surface area contributed by atoms with Crippen molar-refractivity contribution >= 4 is 17.3 Å². The summed E-state index contributed by atoms with van der Waals surface area (Å²) < 4.78 is 1.09. The first-order chi connectivity index (χ1) is 12.5. The standard InChI is InChI=1S/C19H17N5O2/c1-12-8-10-13(11-9-12)16-20-15-17(23(2)22-16)21-19(26)24(18(15)25)14-6-4-3-5-7-14/h3-11H,1-2H3,(H,20,22)(H,21,26). The number of nitrogens with zero attached hydrogens (tertiary/aromatic N) is 3. The van der Waals surface area contributed by atoms with Crippen LogP contribution in [0.2, 0.25) is 0 Å². The second-order valence-electron chi connectivity index (χ2n) is 6.10. The van der Waals surface area contributed by atoms with Crippen molar-refractivity contribution < 1.29 is 0 Å². The maximum absolute atomic E-state index is 13.0. The van der Waals surface area contributed by atoms with E-state index in [1.165, 1.54) is 0 Å². The van der Waals surface area contributed by atoms with Crippen LogP contribution in [0, 0.1) is 6.92 Å². The van der Waals surface area contributed by atoms with E-state index >= 15 is 0 Å². The molecule has 0 radical (unpaired) electrons. The molecular formula is C19H17N5O2. The third-order valence-corrected chi connectivity index (χ3v) is 4.23. The number of aromatic amines is 1. The summed E-state index contributed by atoms with van der Waals surface area (Å²) in [6.07, 6.45) is 0. The molecule has 0 fully saturated rings. The van der Waals surface area contributed by atoms with Crippen LogP contribution in [-0.2, 0) is 0 Å². The number of benzene rings is 2. The van der Waals surface area contributed by atoms with E-state index in [4.69, 9.17) is 0 Å². The maximum Gasteiger partial charge on any atom is 0.334 e. The van der Waals surface area contributed by atoms with Crippen LogP contribution in [0.4, 0.5) is 11.5 Å². The lowest BCUT2D eigenvalue weighted by atomic mass is 10.1. The summed E-state index contributed by atoms with van der Waals surface area (Å²) in [5.41, 5.74) is 4.78. The number of amidine groups is 1. The molecule has 2 aromatic carbocycles. The van der Waals surface area contributed by atoms with E-state index < -0.39 is 11.2 Å². The van der Waals surface area contributed by atoms with Gasteiger partial charge in [0.15, 0.2) is 17.3 Å². The highest BCUT2D eigenvalue weighted by atomic mass is 16.2. The Morgan fingerprint density at radius 1 is 0.962 bits per heavy atom. The molecule has 0 unspecified atom stereocenters. The van der Waals surface area contributed by atoms with Gasteiger partial charge in [0.25, 0.3) is 5.56 Å². The number of aromatic nitrogens is 2. The molecule has 1 aliphatic rings. The Morgan fingerprint density at radius 2 is 1.65 bits per heavy atom. The molecule has 0 saturated carbocycles. The minimum Gasteiger partial charge on any atom is -0.290 e. The zero-order chi connectivity index (χ0) is 18.3. The summed E-state index contributed by atoms with van der Waals surface area (Å²) in [6.45, 7) is 2.00. The van der Waals surface area contributed by atoms with E-state index in [2.05, 4.69) is 15.4 Å². The molecule has 7 heteroatoms. The summed E-state index contributed by atoms with van der Waals surface area (Å²) in [4.78, 5) is 32.7. The zero-order valence-electron chi connectivity index (χ0n) is 14.4. The smallest absolute Gasteiger partial charge is 0.290 e. The number of aliphatic imine (C=N–C) groups is 1. The van der Waals surface area contributed by atoms with E-state index in [1.807, 2.05) is 37.3 Å². The fraction of sp³-hybridized carbons (Fsp3) is 0.105. The maximum atomic E-state index is 13.0. The third-order valence-electron chi connectivity index (χ3n) is 4.23. The molecule has 7 nitrogen and oxygen atoms in total. The van der Waals surface area contributed by atoms with Gasteiger partial charge in [-0.05, 0) is 19.1 Å². The quantitative estimate of drug-likeness (QED) is 0.741. The number of hydrogen-bond donors (Lipinski definition) is 2. The van der Waals surface area contributed by atoms with Crippen molar-refractivity contribution in [2.45, 2.75) is 6.92 Å². The van der Waals surface area contributed by atoms with E-state index in [0.29, 0.717) is 17.3 Å². The van der Waals surface area contributed by atoms with Crippen molar-refractivity contribution in [3.63, 3.8) is 0 Å². The first-order valence-corrected chi connectivity index (χ1v) is 8.15. The zero-order valence-corrected chi connectivity index (χ0v) is 14.4. The Morgan fingerprint density at radius 3 is 2.35 bits per heavy atom. The summed E-state index contributed by atoms with van der Waals surface area (Å²) in [6, 6.07) is 16.6. The second-order valence-corrected chi connectivity index (χ2v) is 6.10. The van der Waals surface area contributed by atoms with Crippen LogP contribution in [0.5, 0.6) is 0 Å². The molecule has 0 spiro atoms. The topological polar surface area (TPSA) is 82.5 Å². The van der Waals surface area contributed by atoms with Gasteiger partial charge in [-0.15, -0.1) is 0 Å². The molecule has 0 saturated heterocycles. The average molecular weight is 347 g/mol. The molecule has 4 rings (SSSR count). The molecule has 1 aromatic heterocycles. The van der Waals surface area contributed by atoms with Crippen molar-refractivity contribution in [2.75, 3.05) is 12.1 Å². The monoisotopic (exact) mass is 347 g/mol. The van der Waals surface area contributed by atoms with Gasteiger partial charge < -0.3 is 0 Å². The predicted molar refractivity (Wildman–Crippen MR) is 102 cm³/mol. The van der Waals surface area contributed by atoms with E-state index in [-0.39, 0.29) is 5.69 Å². The van der Waals surface area contributed by atoms with Crippen molar-refractivity contribution in [1.82, 2.24) is 15.0 Å². The number of aryl methyl sites for hydroxylation is 1. The van der Waals surface area contributed by atoms with E-state index in [0.717, 1.165) is 15.7 Å². The lowest BCUT2D eigenvalue weighted by Gasteiger charge is -2.27. The Hall–Kier alpha value is -3.61. The number of nitrogens with one attached hydrogen (secondary N) is 2. The fourth-order valence-corrected chi connectivity index (χ4v) is 2.86. The van der Waals surface area contributed by atoms with Crippen LogP contribution in [0.25, 0.3) is 5.69 Å². The van der Waals surface area contributed by atoms with Crippen LogP contribution < -0.4 is 21.7 Å². The molecule has 2 heterocycles. The highest BCUT2D eigenvalue weighted by Gasteiger charge is 2.23. The van der Waals surface area contributed by atoms with Crippen LogP contribution in [0.3, 0.4) is 0 Å². The highest BCUT2D eigenvalue weighted by Crippen LogP contribution is 2.24. The number of H-pyrrole nitrogens is 1. The lowest BCUT2D eigenvalue weighted by molar-refractivity contribution is 0.793. The molecule has 130 valence electrons. The third kappa shape index (κ3) is 2.59. The normalized spacial score (nSPS) is 13.0. The van der Waals surface area contributed by atoms with Gasteiger partial charge in [-0.3, -0.25) is 20.2 Å². The summed E-state index contributed by atoms with van der Waals surface area (Å²) in [5, 5.41) is 1.59. The van der Waals surface area contributed by atoms with Crippen molar-refractivity contribution in [3.05, 3.63) is 86.6 Å². The molecule has 3 aromatic rings. The largest absolute Gasteiger partial charge is 0.334 e. The number of hydrazine groups is 1. The van der Waals surface area contributed by atoms with Crippen LogP contribution >= 0.6 is 0 Å². The SMILES string of the molecule is Cc1ccc(C2=Nc3c([nH]c(=O)n(-c4ccccc4)c3=O)N(C)N2)cc1. The van der Waals surface area contributed by atoms with Crippen LogP contribution in [0.1, 0.15) is 11.1 Å². The Labute approximate surface area is 149 Å². The summed E-state index contributed by atoms with van der Waals surface area (Å²) in [5.74, 6) is 0.881. The summed E-state index contributed by atoms with van der Waals surface area (Å²) >= 11 is 0. The number of fused-ring (bicyclic) bond motifs is 1. The predicted octanol–water partition coefficient (Wildman–Crippen LogP) is 1.87. The lowest BCUT2D eigenvalue weighted by Crippen LogP contribution is -2.46. The Balaban J connectivity index is 1.93. The fourth-order valence-electron chi connectivity index (χ4n) is 2.86. The van der Waals surface area contributed by atoms with Gasteiger partial charge in [0.2, 0.25) is 0 Å². The number of anilines is 1. The molecule has 1 aliphatic heterocycles. The summed E-state index contributed by atoms with van der Waals surface area (Å²) in [7, 11) is 1.73. The van der Waals surface area contributed by atoms with Crippen LogP contribution in [-0.4, -0.2) is 22.4 Å². The highest BCUT2D eigenvalue weighted by molar-refractivity contribution is 6.03. The van der Waals surface area contributed by atoms with Gasteiger partial charge in [-0.25, -0.2) is 14.4 Å². The van der Waals surface area contributed by atoms with Gasteiger partial charge >= 0.3 is 5.69 Å². The van der Waals surface area contributed by atoms with E-state index in [9.17, 15) is 9.59 Å². The minimum absolute atomic E-state index is 0.185. The first-order valence-electron chi connectivity index (χ1n) is 8.15. The number of para-hydroxylation sites is 1. The molecule has 0 atom stereocenters. The van der Waals surface area contributed by atoms with E-state index in [1.54, 1.807) is 36.3 Å². The van der Waals surface area contributed by atoms with Crippen LogP contribution in [0.15, 0.2) is 69.2 Å². The van der Waals surface area contributed by atoms with Crippen molar-refractivity contribution in [3.8, 4) is 5.69 Å². The number of hydrogen-bond acceptors (Lipinski definition) is 5. The minimum atomic E-state index is -0.511. The Bertz CT molecular complexity index is 1110. The average Bonchev–Trinajstić information content (AvgIpc) is 2.64. The molecule has 26 heavy (non-hydrogen) atoms. The first kappa shape index (κ1) is 15.9. The van der Waals surface area contributed by atoms with Gasteiger partial charge in [0.05, 0.1) is 5.69 Å². The molecule has 0 aliphatic carbocycles. The van der Waals surface area contributed by atoms with Gasteiger partial charge in [0.1, 0.15) is 0 Å². The molecule has 2 N–H and O–H groups in total. The van der Waals surface area contributed by atoms with Gasteiger partial charge in [-0.2, -0.15) is 0 Å². The second kappa shape index (κ2) is 6.03. The van der Waals surface area contributed by atoms with Gasteiger partial charge in [-0.1, -0.05) is 48.0 Å². The van der Waals surface area contributed by atoms with Gasteiger partial charge in [0, 0.05) is 12.6 Å². The molecular weight excluding hydrogens is 330 g/mol. The molecule has 0 bridgehead atoms.